The lowest BCUT2D eigenvalue weighted by molar-refractivity contribution is 0.768. The van der Waals surface area contributed by atoms with Gasteiger partial charge in [-0.25, -0.2) is 29.6 Å². The van der Waals surface area contributed by atoms with E-state index in [1.54, 1.807) is 48.6 Å². The highest BCUT2D eigenvalue weighted by atomic mass is 15.3. The summed E-state index contributed by atoms with van der Waals surface area (Å²) in [5.74, 6) is 2.04. The minimum Gasteiger partial charge on any atom is -0.246 e. The summed E-state index contributed by atoms with van der Waals surface area (Å²) < 4.78 is 1.61. The van der Waals surface area contributed by atoms with Gasteiger partial charge < -0.3 is 0 Å². The molecule has 0 fully saturated rings. The summed E-state index contributed by atoms with van der Waals surface area (Å²) in [7, 11) is 1.78. The molecule has 3 heterocycles. The summed E-state index contributed by atoms with van der Waals surface area (Å²) >= 11 is 0. The molecule has 3 rings (SSSR count). The highest BCUT2D eigenvalue weighted by Gasteiger charge is 2.14. The standard InChI is InChI=1S/C11H9N7/c1-18-11(10-14-6-3-7-15-10)16-9(17-18)8-12-4-2-5-13-8/h2-7H,1H3. The second kappa shape index (κ2) is 4.28. The molecule has 0 N–H and O–H groups in total. The molecular formula is C11H9N7. The van der Waals surface area contributed by atoms with E-state index in [2.05, 4.69) is 30.0 Å². The van der Waals surface area contributed by atoms with Gasteiger partial charge in [-0.2, -0.15) is 0 Å². The molecule has 3 aromatic heterocycles. The molecule has 7 nitrogen and oxygen atoms in total. The molecular weight excluding hydrogens is 230 g/mol. The van der Waals surface area contributed by atoms with Gasteiger partial charge in [-0.3, -0.25) is 0 Å². The van der Waals surface area contributed by atoms with E-state index >= 15 is 0 Å². The molecule has 0 atom stereocenters. The van der Waals surface area contributed by atoms with Gasteiger partial charge in [0.05, 0.1) is 0 Å². The minimum absolute atomic E-state index is 0.459. The van der Waals surface area contributed by atoms with E-state index in [1.807, 2.05) is 0 Å². The third-order valence-corrected chi connectivity index (χ3v) is 2.29. The van der Waals surface area contributed by atoms with Crippen molar-refractivity contribution in [2.45, 2.75) is 0 Å². The summed E-state index contributed by atoms with van der Waals surface area (Å²) in [5, 5.41) is 4.26. The first kappa shape index (κ1) is 10.5. The van der Waals surface area contributed by atoms with Gasteiger partial charge in [0.2, 0.25) is 5.82 Å². The molecule has 0 unspecified atom stereocenters. The Kier molecular flexibility index (Phi) is 2.49. The monoisotopic (exact) mass is 239 g/mol. The van der Waals surface area contributed by atoms with Crippen molar-refractivity contribution in [2.24, 2.45) is 7.05 Å². The van der Waals surface area contributed by atoms with Gasteiger partial charge in [-0.05, 0) is 12.1 Å². The zero-order chi connectivity index (χ0) is 12.4. The Morgan fingerprint density at radius 3 is 1.94 bits per heavy atom. The predicted octanol–water partition coefficient (Wildman–Crippen LogP) is 0.729. The van der Waals surface area contributed by atoms with Crippen molar-refractivity contribution in [1.29, 1.82) is 0 Å². The van der Waals surface area contributed by atoms with Gasteiger partial charge in [-0.1, -0.05) is 0 Å². The summed E-state index contributed by atoms with van der Waals surface area (Å²) in [5.41, 5.74) is 0. The van der Waals surface area contributed by atoms with Crippen molar-refractivity contribution in [3.63, 3.8) is 0 Å². The van der Waals surface area contributed by atoms with Crippen molar-refractivity contribution in [1.82, 2.24) is 34.7 Å². The number of nitrogens with zero attached hydrogens (tertiary/aromatic N) is 7. The first-order valence-electron chi connectivity index (χ1n) is 5.30. The number of aryl methyl sites for hydroxylation is 1. The fraction of sp³-hybridized carbons (Fsp3) is 0.0909. The Balaban J connectivity index is 2.07. The van der Waals surface area contributed by atoms with Crippen molar-refractivity contribution >= 4 is 0 Å². The van der Waals surface area contributed by atoms with Crippen LogP contribution in [0.1, 0.15) is 0 Å². The lowest BCUT2D eigenvalue weighted by atomic mass is 10.5. The highest BCUT2D eigenvalue weighted by Crippen LogP contribution is 2.15. The largest absolute Gasteiger partial charge is 0.246 e. The Labute approximate surface area is 103 Å². The molecule has 18 heavy (non-hydrogen) atoms. The van der Waals surface area contributed by atoms with Crippen LogP contribution in [0.15, 0.2) is 36.9 Å². The normalized spacial score (nSPS) is 10.5. The number of hydrogen-bond acceptors (Lipinski definition) is 6. The van der Waals surface area contributed by atoms with Crippen molar-refractivity contribution in [2.75, 3.05) is 0 Å². The lowest BCUT2D eigenvalue weighted by Gasteiger charge is -1.95. The van der Waals surface area contributed by atoms with E-state index in [9.17, 15) is 0 Å². The predicted molar refractivity (Wildman–Crippen MR) is 63.1 cm³/mol. The Morgan fingerprint density at radius 2 is 1.33 bits per heavy atom. The summed E-state index contributed by atoms with van der Waals surface area (Å²) in [6.45, 7) is 0. The van der Waals surface area contributed by atoms with Crippen LogP contribution in [0.2, 0.25) is 0 Å². The van der Waals surface area contributed by atoms with Crippen LogP contribution < -0.4 is 0 Å². The molecule has 3 aromatic rings. The van der Waals surface area contributed by atoms with Gasteiger partial charge in [0.15, 0.2) is 17.5 Å². The van der Waals surface area contributed by atoms with Crippen LogP contribution >= 0.6 is 0 Å². The second-order valence-electron chi connectivity index (χ2n) is 3.53. The maximum Gasteiger partial charge on any atom is 0.219 e. The first-order valence-corrected chi connectivity index (χ1v) is 5.30. The van der Waals surface area contributed by atoms with E-state index in [4.69, 9.17) is 0 Å². The molecule has 0 saturated heterocycles. The molecule has 0 aliphatic rings. The average molecular weight is 239 g/mol. The van der Waals surface area contributed by atoms with E-state index in [1.165, 1.54) is 0 Å². The minimum atomic E-state index is 0.459. The van der Waals surface area contributed by atoms with E-state index in [-0.39, 0.29) is 0 Å². The van der Waals surface area contributed by atoms with Crippen molar-refractivity contribution in [3.05, 3.63) is 36.9 Å². The molecule has 7 heteroatoms. The maximum atomic E-state index is 4.35. The molecule has 0 aliphatic carbocycles. The number of aromatic nitrogens is 7. The quantitative estimate of drug-likeness (QED) is 0.655. The van der Waals surface area contributed by atoms with Crippen LogP contribution in [0.3, 0.4) is 0 Å². The molecule has 0 saturated carbocycles. The van der Waals surface area contributed by atoms with Crippen LogP contribution in [0.25, 0.3) is 23.3 Å². The Bertz CT molecular complexity index is 648. The van der Waals surface area contributed by atoms with Crippen LogP contribution in [-0.2, 0) is 7.05 Å². The second-order valence-corrected chi connectivity index (χ2v) is 3.53. The van der Waals surface area contributed by atoms with Gasteiger partial charge in [0.1, 0.15) is 0 Å². The smallest absolute Gasteiger partial charge is 0.219 e. The third kappa shape index (κ3) is 1.81. The Morgan fingerprint density at radius 1 is 0.778 bits per heavy atom. The SMILES string of the molecule is Cn1nc(-c2ncccn2)nc1-c1ncccn1. The fourth-order valence-corrected chi connectivity index (χ4v) is 1.50. The Hall–Kier alpha value is -2.70. The molecule has 88 valence electrons. The average Bonchev–Trinajstić information content (AvgIpc) is 2.83. The molecule has 0 aromatic carbocycles. The molecule has 0 bridgehead atoms. The van der Waals surface area contributed by atoms with Gasteiger partial charge in [-0.15, -0.1) is 5.10 Å². The first-order chi connectivity index (χ1) is 8.84. The fourth-order valence-electron chi connectivity index (χ4n) is 1.50. The maximum absolute atomic E-state index is 4.35. The van der Waals surface area contributed by atoms with Gasteiger partial charge >= 0.3 is 0 Å². The van der Waals surface area contributed by atoms with Gasteiger partial charge in [0, 0.05) is 31.8 Å². The highest BCUT2D eigenvalue weighted by molar-refractivity contribution is 5.50. The zero-order valence-corrected chi connectivity index (χ0v) is 9.59. The number of rotatable bonds is 2. The number of hydrogen-bond donors (Lipinski definition) is 0. The summed E-state index contributed by atoms with van der Waals surface area (Å²) in [6, 6.07) is 3.49. The third-order valence-electron chi connectivity index (χ3n) is 2.29. The topological polar surface area (TPSA) is 82.3 Å². The molecule has 0 amide bonds. The zero-order valence-electron chi connectivity index (χ0n) is 9.59. The van der Waals surface area contributed by atoms with E-state index in [0.29, 0.717) is 23.3 Å². The van der Waals surface area contributed by atoms with Crippen LogP contribution in [-0.4, -0.2) is 34.7 Å². The summed E-state index contributed by atoms with van der Waals surface area (Å²) in [4.78, 5) is 20.8. The van der Waals surface area contributed by atoms with E-state index in [0.717, 1.165) is 0 Å². The van der Waals surface area contributed by atoms with Crippen molar-refractivity contribution in [3.8, 4) is 23.3 Å². The summed E-state index contributed by atoms with van der Waals surface area (Å²) in [6.07, 6.45) is 6.63. The van der Waals surface area contributed by atoms with Crippen LogP contribution in [0.4, 0.5) is 0 Å². The molecule has 0 aliphatic heterocycles. The van der Waals surface area contributed by atoms with Crippen LogP contribution in [0, 0.1) is 0 Å². The molecule has 0 spiro atoms. The van der Waals surface area contributed by atoms with Gasteiger partial charge in [0.25, 0.3) is 0 Å². The van der Waals surface area contributed by atoms with Crippen LogP contribution in [0.5, 0.6) is 0 Å². The van der Waals surface area contributed by atoms with Crippen molar-refractivity contribution < 1.29 is 0 Å². The van der Waals surface area contributed by atoms with E-state index < -0.39 is 0 Å². The lowest BCUT2D eigenvalue weighted by Crippen LogP contribution is -1.97. The molecule has 0 radical (unpaired) electrons.